The van der Waals surface area contributed by atoms with Crippen LogP contribution in [0.25, 0.3) is 22.0 Å². The lowest BCUT2D eigenvalue weighted by molar-refractivity contribution is -0.136. The summed E-state index contributed by atoms with van der Waals surface area (Å²) in [7, 11) is -3.54. The molecule has 196 valence electrons. The van der Waals surface area contributed by atoms with Crippen LogP contribution in [0.1, 0.15) is 18.4 Å². The van der Waals surface area contributed by atoms with Gasteiger partial charge in [0, 0.05) is 24.5 Å². The SMILES string of the molecule is N#CCCNCCCS(=O)(=O)c1cccc(Oc2cccc(-c3ccnc4c(C(F)(F)F)cccc34)c2)c1. The molecule has 0 spiro atoms. The average molecular weight is 540 g/mol. The van der Waals surface area contributed by atoms with Gasteiger partial charge in [-0.05, 0) is 66.6 Å². The molecule has 1 aromatic heterocycles. The fourth-order valence-corrected chi connectivity index (χ4v) is 5.37. The molecule has 6 nitrogen and oxygen atoms in total. The Kier molecular flexibility index (Phi) is 8.29. The third-order valence-corrected chi connectivity index (χ3v) is 7.60. The molecule has 0 amide bonds. The number of sulfone groups is 1. The molecule has 0 unspecified atom stereocenters. The fourth-order valence-electron chi connectivity index (χ4n) is 4.03. The lowest BCUT2D eigenvalue weighted by Gasteiger charge is -2.13. The van der Waals surface area contributed by atoms with Gasteiger partial charge < -0.3 is 10.1 Å². The molecule has 0 bridgehead atoms. The van der Waals surface area contributed by atoms with E-state index in [2.05, 4.69) is 10.3 Å². The van der Waals surface area contributed by atoms with Crippen LogP contribution in [0, 0.1) is 11.3 Å². The van der Waals surface area contributed by atoms with E-state index in [-0.39, 0.29) is 16.2 Å². The van der Waals surface area contributed by atoms with Gasteiger partial charge >= 0.3 is 6.18 Å². The van der Waals surface area contributed by atoms with Crippen molar-refractivity contribution in [2.24, 2.45) is 0 Å². The average Bonchev–Trinajstić information content (AvgIpc) is 2.90. The molecule has 4 aromatic rings. The summed E-state index contributed by atoms with van der Waals surface area (Å²) in [6, 6.07) is 20.6. The third kappa shape index (κ3) is 6.49. The lowest BCUT2D eigenvalue weighted by Crippen LogP contribution is -2.19. The Morgan fingerprint density at radius 2 is 1.68 bits per heavy atom. The van der Waals surface area contributed by atoms with Crippen molar-refractivity contribution in [1.82, 2.24) is 10.3 Å². The van der Waals surface area contributed by atoms with Gasteiger partial charge in [0.25, 0.3) is 0 Å². The van der Waals surface area contributed by atoms with E-state index in [1.54, 1.807) is 48.5 Å². The summed E-state index contributed by atoms with van der Waals surface area (Å²) in [5, 5.41) is 11.9. The molecule has 3 aromatic carbocycles. The molecular formula is C28H24F3N3O3S. The van der Waals surface area contributed by atoms with Crippen molar-refractivity contribution < 1.29 is 26.3 Å². The van der Waals surface area contributed by atoms with Gasteiger partial charge in [0.2, 0.25) is 0 Å². The molecule has 1 heterocycles. The zero-order chi connectivity index (χ0) is 27.2. The van der Waals surface area contributed by atoms with E-state index < -0.39 is 21.6 Å². The summed E-state index contributed by atoms with van der Waals surface area (Å²) < 4.78 is 71.9. The first-order valence-corrected chi connectivity index (χ1v) is 13.5. The Bertz CT molecular complexity index is 1580. The third-order valence-electron chi connectivity index (χ3n) is 5.80. The van der Waals surface area contributed by atoms with Gasteiger partial charge in [0.1, 0.15) is 11.5 Å². The standard InChI is InChI=1S/C28H24F3N3O3S/c29-28(30,31)26-11-3-10-25-24(12-16-34-27(25)26)20-6-1-7-21(18-20)37-22-8-2-9-23(19-22)38(35,36)17-5-15-33-14-4-13-32/h1-3,6-12,16,18-19,33H,4-5,14-15,17H2. The first kappa shape index (κ1) is 27.1. The minimum Gasteiger partial charge on any atom is -0.457 e. The Hall–Kier alpha value is -3.94. The Morgan fingerprint density at radius 1 is 0.947 bits per heavy atom. The monoisotopic (exact) mass is 539 g/mol. The summed E-state index contributed by atoms with van der Waals surface area (Å²) in [6.45, 7) is 0.996. The summed E-state index contributed by atoms with van der Waals surface area (Å²) >= 11 is 0. The van der Waals surface area contributed by atoms with Crippen LogP contribution in [0.2, 0.25) is 0 Å². The van der Waals surface area contributed by atoms with Crippen molar-refractivity contribution in [3.05, 3.63) is 84.6 Å². The minimum atomic E-state index is -4.53. The van der Waals surface area contributed by atoms with Crippen molar-refractivity contribution in [2.45, 2.75) is 23.9 Å². The second-order valence-electron chi connectivity index (χ2n) is 8.49. The predicted molar refractivity (Wildman–Crippen MR) is 138 cm³/mol. The number of fused-ring (bicyclic) bond motifs is 1. The number of alkyl halides is 3. The van der Waals surface area contributed by atoms with Crippen molar-refractivity contribution in [1.29, 1.82) is 5.26 Å². The summed E-state index contributed by atoms with van der Waals surface area (Å²) in [5.74, 6) is 0.658. The molecule has 10 heteroatoms. The number of para-hydroxylation sites is 1. The van der Waals surface area contributed by atoms with E-state index in [4.69, 9.17) is 10.00 Å². The molecule has 1 N–H and O–H groups in total. The fraction of sp³-hybridized carbons (Fsp3) is 0.214. The number of nitrogens with one attached hydrogen (secondary N) is 1. The largest absolute Gasteiger partial charge is 0.457 e. The van der Waals surface area contributed by atoms with Crippen molar-refractivity contribution >= 4 is 20.7 Å². The van der Waals surface area contributed by atoms with Crippen LogP contribution in [-0.2, 0) is 16.0 Å². The van der Waals surface area contributed by atoms with Crippen molar-refractivity contribution in [3.63, 3.8) is 0 Å². The number of pyridine rings is 1. The highest BCUT2D eigenvalue weighted by Gasteiger charge is 2.33. The highest BCUT2D eigenvalue weighted by atomic mass is 32.2. The molecule has 0 fully saturated rings. The molecule has 38 heavy (non-hydrogen) atoms. The van der Waals surface area contributed by atoms with Crippen LogP contribution in [0.3, 0.4) is 0 Å². The van der Waals surface area contributed by atoms with Crippen LogP contribution >= 0.6 is 0 Å². The molecule has 0 aliphatic rings. The number of hydrogen-bond acceptors (Lipinski definition) is 6. The van der Waals surface area contributed by atoms with E-state index in [9.17, 15) is 21.6 Å². The Balaban J connectivity index is 1.55. The number of benzene rings is 3. The number of aromatic nitrogens is 1. The van der Waals surface area contributed by atoms with Gasteiger partial charge in [-0.25, -0.2) is 8.42 Å². The molecule has 0 aliphatic carbocycles. The van der Waals surface area contributed by atoms with E-state index >= 15 is 0 Å². The molecule has 4 rings (SSSR count). The van der Waals surface area contributed by atoms with Gasteiger partial charge in [0.15, 0.2) is 9.84 Å². The van der Waals surface area contributed by atoms with Crippen LogP contribution in [0.4, 0.5) is 13.2 Å². The number of ether oxygens (including phenoxy) is 1. The minimum absolute atomic E-state index is 0.0550. The van der Waals surface area contributed by atoms with Crippen molar-refractivity contribution in [2.75, 3.05) is 18.8 Å². The maximum Gasteiger partial charge on any atom is 0.418 e. The number of halogens is 3. The lowest BCUT2D eigenvalue weighted by atomic mass is 9.99. The first-order chi connectivity index (χ1) is 18.2. The highest BCUT2D eigenvalue weighted by molar-refractivity contribution is 7.91. The number of nitriles is 1. The summed E-state index contributed by atoms with van der Waals surface area (Å²) in [5.41, 5.74) is 0.246. The van der Waals surface area contributed by atoms with Crippen molar-refractivity contribution in [3.8, 4) is 28.7 Å². The van der Waals surface area contributed by atoms with Crippen LogP contribution in [0.15, 0.2) is 83.9 Å². The second-order valence-corrected chi connectivity index (χ2v) is 10.6. The Morgan fingerprint density at radius 3 is 2.45 bits per heavy atom. The summed E-state index contributed by atoms with van der Waals surface area (Å²) in [4.78, 5) is 4.10. The van der Waals surface area contributed by atoms with Gasteiger partial charge in [0.05, 0.1) is 27.8 Å². The molecule has 0 radical (unpaired) electrons. The highest BCUT2D eigenvalue weighted by Crippen LogP contribution is 2.37. The predicted octanol–water partition coefficient (Wildman–Crippen LogP) is 6.38. The zero-order valence-electron chi connectivity index (χ0n) is 20.2. The molecular weight excluding hydrogens is 515 g/mol. The summed E-state index contributed by atoms with van der Waals surface area (Å²) in [6.07, 6.45) is -2.43. The van der Waals surface area contributed by atoms with Gasteiger partial charge in [-0.2, -0.15) is 18.4 Å². The second kappa shape index (κ2) is 11.6. The topological polar surface area (TPSA) is 92.1 Å². The molecule has 0 atom stereocenters. The van der Waals surface area contributed by atoms with Crippen LogP contribution in [-0.4, -0.2) is 32.2 Å². The van der Waals surface area contributed by atoms with E-state index in [1.165, 1.54) is 24.4 Å². The van der Waals surface area contributed by atoms with E-state index in [1.807, 2.05) is 6.07 Å². The maximum atomic E-state index is 13.5. The first-order valence-electron chi connectivity index (χ1n) is 11.8. The van der Waals surface area contributed by atoms with Crippen LogP contribution in [0.5, 0.6) is 11.5 Å². The zero-order valence-corrected chi connectivity index (χ0v) is 21.0. The molecule has 0 saturated carbocycles. The quantitative estimate of drug-likeness (QED) is 0.235. The van der Waals surface area contributed by atoms with E-state index in [0.717, 1.165) is 6.07 Å². The van der Waals surface area contributed by atoms with Crippen LogP contribution < -0.4 is 10.1 Å². The number of nitrogens with zero attached hydrogens (tertiary/aromatic N) is 2. The van der Waals surface area contributed by atoms with Gasteiger partial charge in [-0.1, -0.05) is 30.3 Å². The Labute approximate surface area is 218 Å². The van der Waals surface area contributed by atoms with Gasteiger partial charge in [-0.15, -0.1) is 0 Å². The maximum absolute atomic E-state index is 13.5. The smallest absolute Gasteiger partial charge is 0.418 e. The normalized spacial score (nSPS) is 11.8. The number of hydrogen-bond donors (Lipinski definition) is 1. The molecule has 0 aliphatic heterocycles. The number of rotatable bonds is 10. The van der Waals surface area contributed by atoms with Gasteiger partial charge in [-0.3, -0.25) is 4.98 Å². The van der Waals surface area contributed by atoms with E-state index in [0.29, 0.717) is 53.9 Å². The molecule has 0 saturated heterocycles.